The zero-order valence-corrected chi connectivity index (χ0v) is 14.9. The monoisotopic (exact) mass is 359 g/mol. The van der Waals surface area contributed by atoms with E-state index in [0.717, 1.165) is 28.6 Å². The average molecular weight is 360 g/mol. The molecule has 0 aliphatic carbocycles. The van der Waals surface area contributed by atoms with E-state index in [1.165, 1.54) is 0 Å². The van der Waals surface area contributed by atoms with Crippen LogP contribution in [0, 0.1) is 0 Å². The highest BCUT2D eigenvalue weighted by molar-refractivity contribution is 9.10. The fraction of sp³-hybridized carbons (Fsp3) is 0.625. The van der Waals surface area contributed by atoms with E-state index >= 15 is 0 Å². The molecule has 0 radical (unpaired) electrons. The Labute approximate surface area is 136 Å². The highest BCUT2D eigenvalue weighted by Gasteiger charge is 2.21. The lowest BCUT2D eigenvalue weighted by Gasteiger charge is -2.25. The highest BCUT2D eigenvalue weighted by atomic mass is 79.9. The molecule has 0 spiro atoms. The second kappa shape index (κ2) is 8.61. The van der Waals surface area contributed by atoms with Gasteiger partial charge in [0.05, 0.1) is 23.8 Å². The Morgan fingerprint density at radius 1 is 1.24 bits per heavy atom. The van der Waals surface area contributed by atoms with Crippen LogP contribution in [0.15, 0.2) is 16.6 Å². The van der Waals surface area contributed by atoms with Crippen molar-refractivity contribution in [1.82, 2.24) is 5.32 Å². The standard InChI is InChI=1S/C16H26BrNO3/c1-5-16(19,6-2)11-18-10-12-8-13(17)15(21-7-3)14(9-12)20-4/h8-9,18-19H,5-7,10-11H2,1-4H3. The predicted octanol–water partition coefficient (Wildman–Crippen LogP) is 3.50. The zero-order chi connectivity index (χ0) is 15.9. The molecule has 5 heteroatoms. The minimum Gasteiger partial charge on any atom is -0.493 e. The van der Waals surface area contributed by atoms with Gasteiger partial charge >= 0.3 is 0 Å². The van der Waals surface area contributed by atoms with Gasteiger partial charge in [-0.15, -0.1) is 0 Å². The van der Waals surface area contributed by atoms with Gasteiger partial charge in [0.15, 0.2) is 11.5 Å². The Hall–Kier alpha value is -0.780. The summed E-state index contributed by atoms with van der Waals surface area (Å²) in [5, 5.41) is 13.6. The number of aliphatic hydroxyl groups is 1. The van der Waals surface area contributed by atoms with Gasteiger partial charge in [0.1, 0.15) is 0 Å². The maximum atomic E-state index is 10.3. The molecule has 0 saturated carbocycles. The van der Waals surface area contributed by atoms with Crippen LogP contribution in [0.5, 0.6) is 11.5 Å². The van der Waals surface area contributed by atoms with Crippen molar-refractivity contribution >= 4 is 15.9 Å². The number of hydrogen-bond donors (Lipinski definition) is 2. The molecule has 0 fully saturated rings. The fourth-order valence-electron chi connectivity index (χ4n) is 2.10. The SMILES string of the molecule is CCOc1c(Br)cc(CNCC(O)(CC)CC)cc1OC. The van der Waals surface area contributed by atoms with Crippen LogP contribution in [0.2, 0.25) is 0 Å². The van der Waals surface area contributed by atoms with E-state index in [4.69, 9.17) is 9.47 Å². The van der Waals surface area contributed by atoms with Crippen molar-refractivity contribution in [2.75, 3.05) is 20.3 Å². The normalized spacial score (nSPS) is 11.5. The summed E-state index contributed by atoms with van der Waals surface area (Å²) in [5.41, 5.74) is 0.448. The minimum atomic E-state index is -0.632. The Kier molecular flexibility index (Phi) is 7.49. The van der Waals surface area contributed by atoms with E-state index in [2.05, 4.69) is 21.2 Å². The summed E-state index contributed by atoms with van der Waals surface area (Å²) in [6.45, 7) is 7.78. The lowest BCUT2D eigenvalue weighted by Crippen LogP contribution is -2.39. The summed E-state index contributed by atoms with van der Waals surface area (Å²) in [7, 11) is 1.63. The first-order valence-corrected chi connectivity index (χ1v) is 8.21. The molecule has 0 aliphatic rings. The van der Waals surface area contributed by atoms with Crippen molar-refractivity contribution in [1.29, 1.82) is 0 Å². The van der Waals surface area contributed by atoms with E-state index in [0.29, 0.717) is 25.4 Å². The molecule has 2 N–H and O–H groups in total. The summed E-state index contributed by atoms with van der Waals surface area (Å²) in [6.07, 6.45) is 1.49. The molecule has 0 saturated heterocycles. The van der Waals surface area contributed by atoms with Gasteiger partial charge < -0.3 is 19.9 Å². The largest absolute Gasteiger partial charge is 0.493 e. The van der Waals surface area contributed by atoms with Gasteiger partial charge in [0.25, 0.3) is 0 Å². The maximum Gasteiger partial charge on any atom is 0.175 e. The van der Waals surface area contributed by atoms with Gasteiger partial charge in [-0.1, -0.05) is 13.8 Å². The molecule has 0 aromatic heterocycles. The topological polar surface area (TPSA) is 50.7 Å². The van der Waals surface area contributed by atoms with Crippen molar-refractivity contribution in [3.05, 3.63) is 22.2 Å². The molecule has 1 aromatic rings. The van der Waals surface area contributed by atoms with E-state index < -0.39 is 5.60 Å². The number of halogens is 1. The first kappa shape index (κ1) is 18.3. The van der Waals surface area contributed by atoms with Crippen LogP contribution in [0.1, 0.15) is 39.2 Å². The number of hydrogen-bond acceptors (Lipinski definition) is 4. The molecule has 0 heterocycles. The number of benzene rings is 1. The van der Waals surface area contributed by atoms with Gasteiger partial charge in [-0.05, 0) is 53.4 Å². The summed E-state index contributed by atoms with van der Waals surface area (Å²) in [4.78, 5) is 0. The van der Waals surface area contributed by atoms with Crippen LogP contribution in [0.25, 0.3) is 0 Å². The molecule has 4 nitrogen and oxygen atoms in total. The van der Waals surface area contributed by atoms with Crippen molar-refractivity contribution in [2.24, 2.45) is 0 Å². The fourth-order valence-corrected chi connectivity index (χ4v) is 2.70. The van der Waals surface area contributed by atoms with Crippen LogP contribution in [0.3, 0.4) is 0 Å². The smallest absolute Gasteiger partial charge is 0.175 e. The molecule has 0 unspecified atom stereocenters. The summed E-state index contributed by atoms with van der Waals surface area (Å²) in [5.74, 6) is 1.44. The van der Waals surface area contributed by atoms with Gasteiger partial charge in [-0.3, -0.25) is 0 Å². The molecule has 1 aromatic carbocycles. The van der Waals surface area contributed by atoms with E-state index in [1.54, 1.807) is 7.11 Å². The summed E-state index contributed by atoms with van der Waals surface area (Å²) >= 11 is 3.52. The van der Waals surface area contributed by atoms with Crippen molar-refractivity contribution in [3.8, 4) is 11.5 Å². The molecule has 0 bridgehead atoms. The number of nitrogens with one attached hydrogen (secondary N) is 1. The van der Waals surface area contributed by atoms with Gasteiger partial charge in [0, 0.05) is 13.1 Å². The minimum absolute atomic E-state index is 0.577. The number of ether oxygens (including phenoxy) is 2. The maximum absolute atomic E-state index is 10.3. The molecular formula is C16H26BrNO3. The first-order valence-electron chi connectivity index (χ1n) is 7.42. The average Bonchev–Trinajstić information content (AvgIpc) is 2.49. The third-order valence-corrected chi connectivity index (χ3v) is 4.27. The Morgan fingerprint density at radius 3 is 2.43 bits per heavy atom. The third-order valence-electron chi connectivity index (χ3n) is 3.68. The van der Waals surface area contributed by atoms with E-state index in [-0.39, 0.29) is 0 Å². The van der Waals surface area contributed by atoms with Crippen LogP contribution in [-0.4, -0.2) is 31.0 Å². The molecule has 120 valence electrons. The van der Waals surface area contributed by atoms with Crippen LogP contribution in [-0.2, 0) is 6.54 Å². The second-order valence-corrected chi connectivity index (χ2v) is 5.93. The summed E-state index contributed by atoms with van der Waals surface area (Å²) < 4.78 is 11.8. The van der Waals surface area contributed by atoms with Crippen LogP contribution in [0.4, 0.5) is 0 Å². The van der Waals surface area contributed by atoms with Crippen molar-refractivity contribution < 1.29 is 14.6 Å². The molecule has 0 atom stereocenters. The zero-order valence-electron chi connectivity index (χ0n) is 13.3. The van der Waals surface area contributed by atoms with E-state index in [9.17, 15) is 5.11 Å². The second-order valence-electron chi connectivity index (χ2n) is 5.08. The Bertz CT molecular complexity index is 447. The third kappa shape index (κ3) is 5.16. The number of rotatable bonds is 9. The van der Waals surface area contributed by atoms with E-state index in [1.807, 2.05) is 32.9 Å². The quantitative estimate of drug-likeness (QED) is 0.708. The summed E-state index contributed by atoms with van der Waals surface area (Å²) in [6, 6.07) is 3.97. The van der Waals surface area contributed by atoms with Crippen molar-refractivity contribution in [2.45, 2.75) is 45.8 Å². The van der Waals surface area contributed by atoms with Crippen LogP contribution >= 0.6 is 15.9 Å². The lowest BCUT2D eigenvalue weighted by atomic mass is 9.97. The first-order chi connectivity index (χ1) is 9.99. The highest BCUT2D eigenvalue weighted by Crippen LogP contribution is 2.36. The lowest BCUT2D eigenvalue weighted by molar-refractivity contribution is 0.0323. The Morgan fingerprint density at radius 2 is 1.90 bits per heavy atom. The number of methoxy groups -OCH3 is 1. The van der Waals surface area contributed by atoms with Crippen molar-refractivity contribution in [3.63, 3.8) is 0 Å². The molecular weight excluding hydrogens is 334 g/mol. The molecule has 0 aliphatic heterocycles. The molecule has 1 rings (SSSR count). The van der Waals surface area contributed by atoms with Gasteiger partial charge in [0.2, 0.25) is 0 Å². The van der Waals surface area contributed by atoms with Gasteiger partial charge in [-0.2, -0.15) is 0 Å². The van der Waals surface area contributed by atoms with Crippen LogP contribution < -0.4 is 14.8 Å². The molecule has 0 amide bonds. The molecule has 21 heavy (non-hydrogen) atoms. The Balaban J connectivity index is 2.74. The van der Waals surface area contributed by atoms with Gasteiger partial charge in [-0.25, -0.2) is 0 Å². The predicted molar refractivity (Wildman–Crippen MR) is 89.1 cm³/mol.